The lowest BCUT2D eigenvalue weighted by Crippen LogP contribution is -2.55. The Bertz CT molecular complexity index is 1070. The monoisotopic (exact) mass is 568 g/mol. The smallest absolute Gasteiger partial charge is 0.310 e. The fourth-order valence-corrected chi connectivity index (χ4v) is 6.45. The Morgan fingerprint density at radius 2 is 1.85 bits per heavy atom. The second-order valence-corrected chi connectivity index (χ2v) is 12.0. The molecule has 0 aromatic rings. The first-order chi connectivity index (χ1) is 19.7. The van der Waals surface area contributed by atoms with E-state index in [4.69, 9.17) is 18.9 Å². The Kier molecular flexibility index (Phi) is 11.4. The molecule has 4 aliphatic rings. The Morgan fingerprint density at radius 1 is 1.05 bits per heavy atom. The SMILES string of the molecule is CCC1/C=C/CCC/C=C(/C)C(=O)/C=C/C2/C(=C/CC(=O)O1)C=C[C@@H]1C[C@@H](O[C@@H]3O[C@@H](C)[C@H](C)[C@@H](O)[C@H]3OC)C[C@@H]21. The van der Waals surface area contributed by atoms with Gasteiger partial charge in [-0.2, -0.15) is 0 Å². The quantitative estimate of drug-likeness (QED) is 0.339. The molecule has 2 aliphatic carbocycles. The van der Waals surface area contributed by atoms with Crippen LogP contribution in [0.1, 0.15) is 72.6 Å². The van der Waals surface area contributed by atoms with Crippen molar-refractivity contribution in [1.82, 2.24) is 0 Å². The highest BCUT2D eigenvalue weighted by Gasteiger charge is 2.46. The minimum absolute atomic E-state index is 0.0159. The zero-order valence-electron chi connectivity index (χ0n) is 25.2. The Morgan fingerprint density at radius 3 is 2.61 bits per heavy atom. The minimum atomic E-state index is -0.669. The summed E-state index contributed by atoms with van der Waals surface area (Å²) in [6, 6.07) is 0. The standard InChI is InChI=1S/C34H48O7/c1-6-26-12-10-8-7-9-11-21(2)30(35)17-16-28-24(15-18-31(36)40-26)13-14-25-19-27(20-29(25)28)41-34-33(38-5)32(37)22(3)23(4)39-34/h10-17,22-23,25-29,32-34,37H,6-9,18-20H2,1-5H3/b12-10+,17-16+,21-11-,24-15+/t22-,23-,25+,26?,27+,28?,29+,32+,33+,34-/m0/s1. The van der Waals surface area contributed by atoms with E-state index >= 15 is 0 Å². The van der Waals surface area contributed by atoms with Crippen LogP contribution in [0.25, 0.3) is 0 Å². The van der Waals surface area contributed by atoms with Crippen LogP contribution in [-0.4, -0.2) is 60.8 Å². The molecule has 41 heavy (non-hydrogen) atoms. The summed E-state index contributed by atoms with van der Waals surface area (Å²) in [6.45, 7) is 7.80. The van der Waals surface area contributed by atoms with Crippen LogP contribution in [0.3, 0.4) is 0 Å². The summed E-state index contributed by atoms with van der Waals surface area (Å²) in [7, 11) is 1.58. The predicted octanol–water partition coefficient (Wildman–Crippen LogP) is 5.79. The van der Waals surface area contributed by atoms with Crippen LogP contribution in [0.4, 0.5) is 0 Å². The molecule has 2 aliphatic heterocycles. The third-order valence-corrected chi connectivity index (χ3v) is 9.24. The topological polar surface area (TPSA) is 91.3 Å². The number of fused-ring (bicyclic) bond motifs is 3. The number of aliphatic hydroxyl groups excluding tert-OH is 1. The molecule has 1 N–H and O–H groups in total. The maximum atomic E-state index is 13.0. The summed E-state index contributed by atoms with van der Waals surface area (Å²) in [6.07, 6.45) is 18.8. The molecule has 7 heteroatoms. The van der Waals surface area contributed by atoms with E-state index in [2.05, 4.69) is 18.2 Å². The van der Waals surface area contributed by atoms with Crippen molar-refractivity contribution in [2.75, 3.05) is 7.11 Å². The molecular formula is C34H48O7. The highest BCUT2D eigenvalue weighted by atomic mass is 16.7. The summed E-state index contributed by atoms with van der Waals surface area (Å²) in [4.78, 5) is 25.7. The van der Waals surface area contributed by atoms with Gasteiger partial charge >= 0.3 is 5.97 Å². The molecule has 2 unspecified atom stereocenters. The van der Waals surface area contributed by atoms with E-state index in [-0.39, 0.29) is 60.2 Å². The van der Waals surface area contributed by atoms with Gasteiger partial charge in [0.2, 0.25) is 0 Å². The van der Waals surface area contributed by atoms with Crippen LogP contribution in [0.2, 0.25) is 0 Å². The Labute approximate surface area is 245 Å². The summed E-state index contributed by atoms with van der Waals surface area (Å²) in [5.41, 5.74) is 1.77. The van der Waals surface area contributed by atoms with Gasteiger partial charge in [0.15, 0.2) is 12.1 Å². The van der Waals surface area contributed by atoms with Crippen LogP contribution in [0.5, 0.6) is 0 Å². The number of cyclic esters (lactones) is 1. The number of rotatable bonds is 4. The highest BCUT2D eigenvalue weighted by molar-refractivity contribution is 6.03. The molecule has 0 spiro atoms. The molecule has 0 bridgehead atoms. The lowest BCUT2D eigenvalue weighted by molar-refractivity contribution is -0.297. The highest BCUT2D eigenvalue weighted by Crippen LogP contribution is 2.47. The molecule has 0 aromatic carbocycles. The zero-order chi connectivity index (χ0) is 29.5. The van der Waals surface area contributed by atoms with Crippen molar-refractivity contribution >= 4 is 11.8 Å². The van der Waals surface area contributed by atoms with Gasteiger partial charge in [0, 0.05) is 18.9 Å². The van der Waals surface area contributed by atoms with Crippen molar-refractivity contribution < 1.29 is 33.6 Å². The number of methoxy groups -OCH3 is 1. The number of esters is 1. The van der Waals surface area contributed by atoms with Gasteiger partial charge in [-0.05, 0) is 87.5 Å². The fraction of sp³-hybridized carbons (Fsp3) is 0.647. The predicted molar refractivity (Wildman–Crippen MR) is 158 cm³/mol. The first-order valence-corrected chi connectivity index (χ1v) is 15.4. The summed E-state index contributed by atoms with van der Waals surface area (Å²) < 4.78 is 23.9. The molecule has 1 saturated heterocycles. The molecule has 2 heterocycles. The van der Waals surface area contributed by atoms with Crippen molar-refractivity contribution in [3.8, 4) is 0 Å². The summed E-state index contributed by atoms with van der Waals surface area (Å²) >= 11 is 0. The molecule has 10 atom stereocenters. The number of ketones is 1. The molecule has 7 nitrogen and oxygen atoms in total. The van der Waals surface area contributed by atoms with E-state index in [0.29, 0.717) is 0 Å². The van der Waals surface area contributed by atoms with Gasteiger partial charge < -0.3 is 24.1 Å². The Hall–Kier alpha value is -2.32. The molecule has 1 saturated carbocycles. The summed E-state index contributed by atoms with van der Waals surface area (Å²) in [5, 5.41) is 10.8. The van der Waals surface area contributed by atoms with Gasteiger partial charge in [0.25, 0.3) is 0 Å². The molecule has 2 fully saturated rings. The van der Waals surface area contributed by atoms with Crippen molar-refractivity contribution in [3.63, 3.8) is 0 Å². The van der Waals surface area contributed by atoms with E-state index in [0.717, 1.165) is 49.7 Å². The second kappa shape index (κ2) is 14.7. The molecule has 226 valence electrons. The van der Waals surface area contributed by atoms with Crippen LogP contribution < -0.4 is 0 Å². The molecular weight excluding hydrogens is 520 g/mol. The van der Waals surface area contributed by atoms with Gasteiger partial charge in [0.1, 0.15) is 12.2 Å². The second-order valence-electron chi connectivity index (χ2n) is 12.0. The summed E-state index contributed by atoms with van der Waals surface area (Å²) in [5.74, 6) is 0.150. The normalized spacial score (nSPS) is 43.0. The maximum absolute atomic E-state index is 13.0. The largest absolute Gasteiger partial charge is 0.458 e. The van der Waals surface area contributed by atoms with Gasteiger partial charge in [-0.15, -0.1) is 0 Å². The third kappa shape index (κ3) is 7.95. The lowest BCUT2D eigenvalue weighted by atomic mass is 9.74. The van der Waals surface area contributed by atoms with E-state index in [1.807, 2.05) is 52.0 Å². The number of carbonyl (C=O) groups excluding carboxylic acids is 2. The van der Waals surface area contributed by atoms with Gasteiger partial charge in [-0.1, -0.05) is 50.3 Å². The number of carbonyl (C=O) groups is 2. The first-order valence-electron chi connectivity index (χ1n) is 15.4. The van der Waals surface area contributed by atoms with Crippen molar-refractivity contribution in [3.05, 3.63) is 59.8 Å². The van der Waals surface area contributed by atoms with Crippen LogP contribution in [0, 0.1) is 23.7 Å². The van der Waals surface area contributed by atoms with E-state index in [9.17, 15) is 14.7 Å². The van der Waals surface area contributed by atoms with Crippen molar-refractivity contribution in [2.45, 2.75) is 109 Å². The van der Waals surface area contributed by atoms with E-state index in [1.54, 1.807) is 13.2 Å². The number of allylic oxidation sites excluding steroid dienone is 8. The zero-order valence-corrected chi connectivity index (χ0v) is 25.2. The van der Waals surface area contributed by atoms with Gasteiger partial charge in [-0.25, -0.2) is 0 Å². The molecule has 4 rings (SSSR count). The van der Waals surface area contributed by atoms with E-state index < -0.39 is 18.5 Å². The van der Waals surface area contributed by atoms with E-state index in [1.165, 1.54) is 0 Å². The Balaban J connectivity index is 1.54. The van der Waals surface area contributed by atoms with Crippen molar-refractivity contribution in [2.24, 2.45) is 23.7 Å². The number of ether oxygens (including phenoxy) is 4. The number of hydrogen-bond acceptors (Lipinski definition) is 7. The number of aliphatic hydroxyl groups is 1. The van der Waals surface area contributed by atoms with Crippen LogP contribution in [-0.2, 0) is 28.5 Å². The third-order valence-electron chi connectivity index (χ3n) is 9.24. The maximum Gasteiger partial charge on any atom is 0.310 e. The lowest BCUT2D eigenvalue weighted by Gasteiger charge is -2.42. The first kappa shape index (κ1) is 31.6. The molecule has 0 aromatic heterocycles. The average Bonchev–Trinajstić information content (AvgIpc) is 3.37. The fourth-order valence-electron chi connectivity index (χ4n) is 6.45. The number of hydrogen-bond donors (Lipinski definition) is 1. The minimum Gasteiger partial charge on any atom is -0.458 e. The molecule has 0 amide bonds. The van der Waals surface area contributed by atoms with Crippen LogP contribution in [0.15, 0.2) is 59.8 Å². The van der Waals surface area contributed by atoms with Crippen LogP contribution >= 0.6 is 0 Å². The molecule has 0 radical (unpaired) electrons. The van der Waals surface area contributed by atoms with Crippen molar-refractivity contribution in [1.29, 1.82) is 0 Å². The van der Waals surface area contributed by atoms with Gasteiger partial charge in [-0.3, -0.25) is 9.59 Å². The average molecular weight is 569 g/mol. The van der Waals surface area contributed by atoms with Gasteiger partial charge in [0.05, 0.1) is 24.7 Å².